The smallest absolute Gasteiger partial charge is 0.419 e. The third-order valence-electron chi connectivity index (χ3n) is 5.91. The van der Waals surface area contributed by atoms with Gasteiger partial charge in [-0.3, -0.25) is 14.2 Å². The summed E-state index contributed by atoms with van der Waals surface area (Å²) in [4.78, 5) is 41.1. The van der Waals surface area contributed by atoms with E-state index in [1.165, 1.54) is 4.57 Å². The number of piperazine rings is 1. The Labute approximate surface area is 194 Å². The van der Waals surface area contributed by atoms with Gasteiger partial charge in [0, 0.05) is 50.2 Å². The summed E-state index contributed by atoms with van der Waals surface area (Å²) in [6, 6.07) is 12.2. The molecule has 3 heterocycles. The highest BCUT2D eigenvalue weighted by molar-refractivity contribution is 6.31. The van der Waals surface area contributed by atoms with E-state index in [4.69, 9.17) is 25.5 Å². The quantitative estimate of drug-likeness (QED) is 0.578. The summed E-state index contributed by atoms with van der Waals surface area (Å²) in [6.45, 7) is 2.04. The molecule has 0 radical (unpaired) electrons. The number of aromatic nitrogens is 1. The number of aryl methyl sites for hydroxylation is 1. The first-order valence-corrected chi connectivity index (χ1v) is 11.1. The van der Waals surface area contributed by atoms with Gasteiger partial charge in [-0.25, -0.2) is 4.79 Å². The number of carbonyl (C=O) groups is 2. The first-order chi connectivity index (χ1) is 16.0. The maximum atomic E-state index is 12.9. The molecule has 2 aromatic carbocycles. The monoisotopic (exact) mass is 471 g/mol. The first-order valence-electron chi connectivity index (χ1n) is 10.7. The number of fused-ring (bicyclic) bond motifs is 2. The Kier molecular flexibility index (Phi) is 5.72. The summed E-state index contributed by atoms with van der Waals surface area (Å²) in [5.74, 6) is 0.437. The first kappa shape index (κ1) is 21.4. The average molecular weight is 472 g/mol. The summed E-state index contributed by atoms with van der Waals surface area (Å²) >= 11 is 5.94. The molecule has 1 atom stereocenters. The van der Waals surface area contributed by atoms with Crippen molar-refractivity contribution in [2.75, 3.05) is 32.8 Å². The van der Waals surface area contributed by atoms with Crippen molar-refractivity contribution in [3.05, 3.63) is 58.0 Å². The zero-order valence-electron chi connectivity index (χ0n) is 17.7. The molecular formula is C23H22ClN3O6. The van der Waals surface area contributed by atoms with Gasteiger partial charge in [-0.15, -0.1) is 0 Å². The van der Waals surface area contributed by atoms with Crippen molar-refractivity contribution in [2.45, 2.75) is 19.1 Å². The highest BCUT2D eigenvalue weighted by Gasteiger charge is 2.33. The van der Waals surface area contributed by atoms with Crippen molar-refractivity contribution in [3.8, 4) is 11.5 Å². The molecule has 0 aliphatic carbocycles. The molecule has 1 aromatic heterocycles. The van der Waals surface area contributed by atoms with Gasteiger partial charge < -0.3 is 23.7 Å². The number of hydrogen-bond acceptors (Lipinski definition) is 6. The molecule has 2 aliphatic rings. The van der Waals surface area contributed by atoms with Gasteiger partial charge in [0.05, 0.1) is 5.52 Å². The van der Waals surface area contributed by atoms with Gasteiger partial charge >= 0.3 is 5.76 Å². The third-order valence-corrected chi connectivity index (χ3v) is 6.14. The van der Waals surface area contributed by atoms with Crippen LogP contribution in [0.4, 0.5) is 0 Å². The molecule has 0 spiro atoms. The summed E-state index contributed by atoms with van der Waals surface area (Å²) in [6.07, 6.45) is -0.543. The summed E-state index contributed by atoms with van der Waals surface area (Å²) < 4.78 is 18.1. The van der Waals surface area contributed by atoms with Gasteiger partial charge in [-0.1, -0.05) is 23.7 Å². The number of amides is 2. The van der Waals surface area contributed by atoms with Crippen LogP contribution in [0.5, 0.6) is 11.5 Å². The average Bonchev–Trinajstić information content (AvgIpc) is 3.15. The Morgan fingerprint density at radius 2 is 1.73 bits per heavy atom. The molecule has 0 saturated carbocycles. The zero-order valence-corrected chi connectivity index (χ0v) is 18.5. The fourth-order valence-electron chi connectivity index (χ4n) is 4.14. The lowest BCUT2D eigenvalue weighted by molar-refractivity contribution is -0.146. The summed E-state index contributed by atoms with van der Waals surface area (Å²) in [7, 11) is 0. The van der Waals surface area contributed by atoms with Crippen LogP contribution in [0.15, 0.2) is 51.7 Å². The molecule has 10 heteroatoms. The number of carbonyl (C=O) groups excluding carboxylic acids is 2. The van der Waals surface area contributed by atoms with E-state index in [2.05, 4.69) is 0 Å². The molecule has 2 aliphatic heterocycles. The highest BCUT2D eigenvalue weighted by Crippen LogP contribution is 2.31. The Bertz CT molecular complexity index is 1260. The molecule has 172 valence electrons. The fraction of sp³-hybridized carbons (Fsp3) is 0.348. The minimum atomic E-state index is -0.697. The lowest BCUT2D eigenvalue weighted by atomic mass is 10.2. The number of rotatable bonds is 4. The van der Waals surface area contributed by atoms with E-state index < -0.39 is 11.9 Å². The van der Waals surface area contributed by atoms with Crippen LogP contribution in [0.2, 0.25) is 5.02 Å². The molecule has 2 amide bonds. The Balaban J connectivity index is 1.15. The number of oxazole rings is 1. The topological polar surface area (TPSA) is 94.2 Å². The molecule has 5 rings (SSSR count). The van der Waals surface area contributed by atoms with Crippen LogP contribution in [0.1, 0.15) is 6.42 Å². The molecule has 1 saturated heterocycles. The van der Waals surface area contributed by atoms with E-state index in [0.29, 0.717) is 53.8 Å². The van der Waals surface area contributed by atoms with E-state index in [1.54, 1.807) is 40.1 Å². The predicted octanol–water partition coefficient (Wildman–Crippen LogP) is 2.15. The minimum Gasteiger partial charge on any atom is -0.485 e. The number of halogens is 1. The Morgan fingerprint density at radius 1 is 1.00 bits per heavy atom. The van der Waals surface area contributed by atoms with Crippen LogP contribution < -0.4 is 15.2 Å². The van der Waals surface area contributed by atoms with E-state index in [9.17, 15) is 14.4 Å². The van der Waals surface area contributed by atoms with Crippen LogP contribution in [0.25, 0.3) is 11.1 Å². The van der Waals surface area contributed by atoms with E-state index >= 15 is 0 Å². The standard InChI is InChI=1S/C23H22ClN3O6/c24-15-5-6-16-19(13-15)33-23(30)27(16)8-7-21(28)25-9-11-26(12-10-25)22(29)20-14-31-17-3-1-2-4-18(17)32-20/h1-6,13,20H,7-12,14H2/t20-/m0/s1. The molecule has 1 fully saturated rings. The van der Waals surface area contributed by atoms with Gasteiger partial charge in [0.25, 0.3) is 5.91 Å². The molecule has 0 bridgehead atoms. The van der Waals surface area contributed by atoms with Crippen molar-refractivity contribution >= 4 is 34.5 Å². The van der Waals surface area contributed by atoms with Gasteiger partial charge in [0.2, 0.25) is 12.0 Å². The molecule has 9 nitrogen and oxygen atoms in total. The van der Waals surface area contributed by atoms with Gasteiger partial charge in [0.15, 0.2) is 17.1 Å². The Morgan fingerprint density at radius 3 is 2.52 bits per heavy atom. The van der Waals surface area contributed by atoms with Crippen LogP contribution in [-0.2, 0) is 16.1 Å². The number of hydrogen-bond donors (Lipinski definition) is 0. The van der Waals surface area contributed by atoms with Gasteiger partial charge in [-0.05, 0) is 24.3 Å². The van der Waals surface area contributed by atoms with E-state index in [1.807, 2.05) is 12.1 Å². The lowest BCUT2D eigenvalue weighted by Gasteiger charge is -2.37. The fourth-order valence-corrected chi connectivity index (χ4v) is 4.30. The molecule has 3 aromatic rings. The van der Waals surface area contributed by atoms with Crippen molar-refractivity contribution in [2.24, 2.45) is 0 Å². The molecule has 0 N–H and O–H groups in total. The van der Waals surface area contributed by atoms with Crippen LogP contribution in [0, 0.1) is 0 Å². The normalized spacial score (nSPS) is 17.9. The largest absolute Gasteiger partial charge is 0.485 e. The number of benzene rings is 2. The SMILES string of the molecule is O=C(CCn1c(=O)oc2cc(Cl)ccc21)N1CCN(C(=O)[C@@H]2COc3ccccc3O2)CC1. The van der Waals surface area contributed by atoms with E-state index in [0.717, 1.165) is 0 Å². The minimum absolute atomic E-state index is 0.0801. The van der Waals surface area contributed by atoms with Crippen LogP contribution in [-0.4, -0.2) is 65.1 Å². The number of para-hydroxylation sites is 2. The third kappa shape index (κ3) is 4.28. The second kappa shape index (κ2) is 8.82. The lowest BCUT2D eigenvalue weighted by Crippen LogP contribution is -2.55. The van der Waals surface area contributed by atoms with Crippen LogP contribution in [0.3, 0.4) is 0 Å². The van der Waals surface area contributed by atoms with E-state index in [-0.39, 0.29) is 31.4 Å². The predicted molar refractivity (Wildman–Crippen MR) is 120 cm³/mol. The highest BCUT2D eigenvalue weighted by atomic mass is 35.5. The number of nitrogens with zero attached hydrogens (tertiary/aromatic N) is 3. The van der Waals surface area contributed by atoms with Crippen molar-refractivity contribution in [3.63, 3.8) is 0 Å². The second-order valence-electron chi connectivity index (χ2n) is 7.95. The summed E-state index contributed by atoms with van der Waals surface area (Å²) in [5.41, 5.74) is 0.993. The summed E-state index contributed by atoms with van der Waals surface area (Å²) in [5, 5.41) is 0.473. The second-order valence-corrected chi connectivity index (χ2v) is 8.39. The van der Waals surface area contributed by atoms with Gasteiger partial charge in [-0.2, -0.15) is 0 Å². The number of ether oxygens (including phenoxy) is 2. The van der Waals surface area contributed by atoms with Crippen LogP contribution >= 0.6 is 11.6 Å². The maximum absolute atomic E-state index is 12.9. The van der Waals surface area contributed by atoms with Crippen molar-refractivity contribution < 1.29 is 23.5 Å². The molecule has 0 unspecified atom stereocenters. The molecule has 33 heavy (non-hydrogen) atoms. The Hall–Kier alpha value is -3.46. The zero-order chi connectivity index (χ0) is 22.9. The van der Waals surface area contributed by atoms with Gasteiger partial charge in [0.1, 0.15) is 6.61 Å². The molecular weight excluding hydrogens is 450 g/mol. The van der Waals surface area contributed by atoms with Crippen molar-refractivity contribution in [1.82, 2.24) is 14.4 Å². The van der Waals surface area contributed by atoms with Crippen molar-refractivity contribution in [1.29, 1.82) is 0 Å². The maximum Gasteiger partial charge on any atom is 0.419 e.